The quantitative estimate of drug-likeness (QED) is 0.774. The monoisotopic (exact) mass is 307 g/mol. The molecule has 0 bridgehead atoms. The molecule has 1 aromatic rings. The van der Waals surface area contributed by atoms with Gasteiger partial charge in [0.15, 0.2) is 6.10 Å². The van der Waals surface area contributed by atoms with E-state index in [1.165, 1.54) is 0 Å². The molecule has 1 aromatic carbocycles. The summed E-state index contributed by atoms with van der Waals surface area (Å²) in [4.78, 5) is 23.2. The van der Waals surface area contributed by atoms with Gasteiger partial charge in [-0.15, -0.1) is 0 Å². The van der Waals surface area contributed by atoms with Gasteiger partial charge >= 0.3 is 5.97 Å². The zero-order valence-corrected chi connectivity index (χ0v) is 13.7. The Morgan fingerprint density at radius 1 is 1.36 bits per heavy atom. The largest absolute Gasteiger partial charge is 0.481 e. The smallest absolute Gasteiger partial charge is 0.309 e. The lowest BCUT2D eigenvalue weighted by Crippen LogP contribution is -2.40. The Morgan fingerprint density at radius 3 is 2.59 bits per heavy atom. The van der Waals surface area contributed by atoms with Gasteiger partial charge in [0.1, 0.15) is 5.75 Å². The van der Waals surface area contributed by atoms with Crippen molar-refractivity contribution < 1.29 is 19.4 Å². The molecule has 1 rings (SSSR count). The van der Waals surface area contributed by atoms with Crippen LogP contribution in [-0.2, 0) is 9.59 Å². The minimum atomic E-state index is -0.871. The third-order valence-electron chi connectivity index (χ3n) is 3.56. The maximum absolute atomic E-state index is 12.1. The van der Waals surface area contributed by atoms with Crippen molar-refractivity contribution in [1.82, 2.24) is 5.32 Å². The molecule has 0 radical (unpaired) electrons. The highest BCUT2D eigenvalue weighted by atomic mass is 16.5. The minimum absolute atomic E-state index is 0.217. The highest BCUT2D eigenvalue weighted by Crippen LogP contribution is 2.19. The van der Waals surface area contributed by atoms with E-state index in [2.05, 4.69) is 5.32 Å². The fourth-order valence-electron chi connectivity index (χ4n) is 1.89. The van der Waals surface area contributed by atoms with Gasteiger partial charge in [-0.2, -0.15) is 0 Å². The van der Waals surface area contributed by atoms with Crippen molar-refractivity contribution in [3.8, 4) is 5.75 Å². The molecule has 0 heterocycles. The number of carboxylic acids is 1. The van der Waals surface area contributed by atoms with E-state index >= 15 is 0 Å². The summed E-state index contributed by atoms with van der Waals surface area (Å²) in [5.41, 5.74) is 0.211. The van der Waals surface area contributed by atoms with Crippen LogP contribution in [0.15, 0.2) is 24.3 Å². The van der Waals surface area contributed by atoms with Crippen molar-refractivity contribution in [3.05, 3.63) is 29.8 Å². The van der Waals surface area contributed by atoms with Crippen LogP contribution in [0.2, 0.25) is 0 Å². The lowest BCUT2D eigenvalue weighted by molar-refractivity contribution is -0.147. The Labute approximate surface area is 131 Å². The molecule has 0 aliphatic carbocycles. The summed E-state index contributed by atoms with van der Waals surface area (Å²) in [6.07, 6.45) is 0.339. The number of benzene rings is 1. The van der Waals surface area contributed by atoms with Gasteiger partial charge in [0.2, 0.25) is 0 Å². The van der Waals surface area contributed by atoms with Crippen molar-refractivity contribution >= 4 is 11.9 Å². The lowest BCUT2D eigenvalue weighted by atomic mass is 9.90. The van der Waals surface area contributed by atoms with Crippen molar-refractivity contribution in [2.45, 2.75) is 46.6 Å². The molecule has 0 saturated carbocycles. The predicted molar refractivity (Wildman–Crippen MR) is 84.9 cm³/mol. The molecule has 0 spiro atoms. The van der Waals surface area contributed by atoms with Gasteiger partial charge in [0, 0.05) is 6.54 Å². The maximum atomic E-state index is 12.1. The number of rotatable bonds is 8. The normalized spacial score (nSPS) is 12.5. The van der Waals surface area contributed by atoms with Crippen molar-refractivity contribution in [2.75, 3.05) is 6.54 Å². The van der Waals surface area contributed by atoms with Gasteiger partial charge in [-0.05, 0) is 51.3 Å². The molecule has 0 saturated heterocycles. The minimum Gasteiger partial charge on any atom is -0.481 e. The van der Waals surface area contributed by atoms with Crippen molar-refractivity contribution in [3.63, 3.8) is 0 Å². The molecule has 2 N–H and O–H groups in total. The van der Waals surface area contributed by atoms with Crippen molar-refractivity contribution in [2.24, 2.45) is 5.41 Å². The summed E-state index contributed by atoms with van der Waals surface area (Å²) in [5, 5.41) is 11.8. The molecular weight excluding hydrogens is 282 g/mol. The average molecular weight is 307 g/mol. The van der Waals surface area contributed by atoms with Crippen LogP contribution >= 0.6 is 0 Å². The molecule has 5 nitrogen and oxygen atoms in total. The first-order valence-corrected chi connectivity index (χ1v) is 7.50. The van der Waals surface area contributed by atoms with Crippen LogP contribution in [0.25, 0.3) is 0 Å². The number of carbonyl (C=O) groups is 2. The van der Waals surface area contributed by atoms with Gasteiger partial charge in [-0.1, -0.05) is 19.1 Å². The van der Waals surface area contributed by atoms with Gasteiger partial charge in [0.05, 0.1) is 5.41 Å². The molecule has 0 fully saturated rings. The zero-order chi connectivity index (χ0) is 16.8. The highest BCUT2D eigenvalue weighted by Gasteiger charge is 2.27. The maximum Gasteiger partial charge on any atom is 0.309 e. The van der Waals surface area contributed by atoms with Crippen LogP contribution < -0.4 is 10.1 Å². The second-order valence-corrected chi connectivity index (χ2v) is 6.06. The lowest BCUT2D eigenvalue weighted by Gasteiger charge is -2.21. The van der Waals surface area contributed by atoms with Gasteiger partial charge in [-0.3, -0.25) is 9.59 Å². The Hall–Kier alpha value is -2.04. The fourth-order valence-corrected chi connectivity index (χ4v) is 1.89. The molecule has 1 amide bonds. The Kier molecular flexibility index (Phi) is 6.40. The van der Waals surface area contributed by atoms with E-state index in [-0.39, 0.29) is 5.91 Å². The summed E-state index contributed by atoms with van der Waals surface area (Å²) >= 11 is 0. The fraction of sp³-hybridized carbons (Fsp3) is 0.529. The van der Waals surface area contributed by atoms with E-state index in [0.717, 1.165) is 5.56 Å². The standard InChI is InChI=1S/C17H25NO4/c1-5-14(22-13-8-6-7-12(2)11-13)15(19)18-10-9-17(3,4)16(20)21/h6-8,11,14H,5,9-10H2,1-4H3,(H,18,19)(H,20,21). The Balaban J connectivity index is 2.53. The van der Waals surface area contributed by atoms with E-state index in [1.54, 1.807) is 13.8 Å². The summed E-state index contributed by atoms with van der Waals surface area (Å²) < 4.78 is 5.71. The number of carbonyl (C=O) groups excluding carboxylic acids is 1. The Bertz CT molecular complexity index is 525. The Morgan fingerprint density at radius 2 is 2.05 bits per heavy atom. The summed E-state index contributed by atoms with van der Waals surface area (Å²) in [6.45, 7) is 7.43. The molecule has 1 unspecified atom stereocenters. The van der Waals surface area contributed by atoms with Crippen LogP contribution in [0.1, 0.15) is 39.2 Å². The highest BCUT2D eigenvalue weighted by molar-refractivity contribution is 5.81. The van der Waals surface area contributed by atoms with E-state index in [0.29, 0.717) is 25.1 Å². The zero-order valence-electron chi connectivity index (χ0n) is 13.7. The van der Waals surface area contributed by atoms with E-state index in [4.69, 9.17) is 9.84 Å². The summed E-state index contributed by atoms with van der Waals surface area (Å²) in [5.74, 6) is -0.428. The van der Waals surface area contributed by atoms with Gasteiger partial charge in [0.25, 0.3) is 5.91 Å². The molecule has 122 valence electrons. The number of carboxylic acid groups (broad SMARTS) is 1. The van der Waals surface area contributed by atoms with E-state index < -0.39 is 17.5 Å². The average Bonchev–Trinajstić information content (AvgIpc) is 2.44. The number of amides is 1. The van der Waals surface area contributed by atoms with Crippen LogP contribution in [-0.4, -0.2) is 29.6 Å². The first-order valence-electron chi connectivity index (χ1n) is 7.50. The first kappa shape index (κ1) is 18.0. The molecule has 1 atom stereocenters. The summed E-state index contributed by atoms with van der Waals surface area (Å²) in [7, 11) is 0. The van der Waals surface area contributed by atoms with Crippen LogP contribution in [0.5, 0.6) is 5.75 Å². The number of aryl methyl sites for hydroxylation is 1. The van der Waals surface area contributed by atoms with Crippen molar-refractivity contribution in [1.29, 1.82) is 0 Å². The summed E-state index contributed by atoms with van der Waals surface area (Å²) in [6, 6.07) is 7.53. The van der Waals surface area contributed by atoms with Crippen LogP contribution in [0, 0.1) is 12.3 Å². The topological polar surface area (TPSA) is 75.6 Å². The molecule has 0 aliphatic rings. The van der Waals surface area contributed by atoms with Gasteiger partial charge < -0.3 is 15.2 Å². The SMILES string of the molecule is CCC(Oc1cccc(C)c1)C(=O)NCCC(C)(C)C(=O)O. The first-order chi connectivity index (χ1) is 10.3. The van der Waals surface area contributed by atoms with E-state index in [9.17, 15) is 9.59 Å². The molecular formula is C17H25NO4. The second kappa shape index (κ2) is 7.82. The predicted octanol–water partition coefficient (Wildman–Crippen LogP) is 2.77. The number of nitrogens with one attached hydrogen (secondary N) is 1. The number of aliphatic carboxylic acids is 1. The third-order valence-corrected chi connectivity index (χ3v) is 3.56. The van der Waals surface area contributed by atoms with E-state index in [1.807, 2.05) is 38.1 Å². The number of ether oxygens (including phenoxy) is 1. The van der Waals surface area contributed by atoms with Gasteiger partial charge in [-0.25, -0.2) is 0 Å². The molecule has 0 aromatic heterocycles. The number of hydrogen-bond donors (Lipinski definition) is 2. The third kappa shape index (κ3) is 5.39. The molecule has 22 heavy (non-hydrogen) atoms. The number of hydrogen-bond acceptors (Lipinski definition) is 3. The molecule has 5 heteroatoms. The van der Waals surface area contributed by atoms with Crippen LogP contribution in [0.4, 0.5) is 0 Å². The van der Waals surface area contributed by atoms with Crippen LogP contribution in [0.3, 0.4) is 0 Å². The molecule has 0 aliphatic heterocycles. The second-order valence-electron chi connectivity index (χ2n) is 6.06.